The standard InChI is InChI=1S/C12H26NO6PS/c1-5-9-10-21(16)13-11(12(14)17-6-2)20(15,18-7-3)19-8-4/h11,13H,5-10H2,1-4H3. The van der Waals surface area contributed by atoms with Gasteiger partial charge in [0.05, 0.1) is 19.8 Å². The first-order chi connectivity index (χ1) is 9.95. The van der Waals surface area contributed by atoms with E-state index in [1.807, 2.05) is 6.92 Å². The Morgan fingerprint density at radius 3 is 2.19 bits per heavy atom. The molecule has 7 nitrogen and oxygen atoms in total. The molecule has 1 N–H and O–H groups in total. The second-order valence-electron chi connectivity index (χ2n) is 4.05. The zero-order chi connectivity index (χ0) is 16.3. The number of hydrogen-bond acceptors (Lipinski definition) is 7. The summed E-state index contributed by atoms with van der Waals surface area (Å²) in [6.45, 7) is 7.22. The number of hydrogen-bond donors (Lipinski definition) is 1. The van der Waals surface area contributed by atoms with Crippen molar-refractivity contribution in [2.24, 2.45) is 0 Å². The molecule has 0 aromatic heterocycles. The Bertz CT molecular complexity index is 334. The van der Waals surface area contributed by atoms with E-state index in [0.717, 1.165) is 12.8 Å². The minimum atomic E-state index is -3.78. The van der Waals surface area contributed by atoms with E-state index < -0.39 is 30.7 Å². The first-order valence-corrected chi connectivity index (χ1v) is 10.1. The lowest BCUT2D eigenvalue weighted by atomic mass is 10.4. The molecule has 0 spiro atoms. The molecule has 21 heavy (non-hydrogen) atoms. The van der Waals surface area contributed by atoms with Crippen molar-refractivity contribution in [1.29, 1.82) is 0 Å². The molecule has 126 valence electrons. The van der Waals surface area contributed by atoms with E-state index in [9.17, 15) is 13.9 Å². The largest absolute Gasteiger partial charge is 0.598 e. The van der Waals surface area contributed by atoms with Crippen molar-refractivity contribution in [2.45, 2.75) is 46.3 Å². The van der Waals surface area contributed by atoms with Gasteiger partial charge in [-0.2, -0.15) is 0 Å². The first kappa shape index (κ1) is 20.9. The van der Waals surface area contributed by atoms with Crippen molar-refractivity contribution in [2.75, 3.05) is 25.6 Å². The summed E-state index contributed by atoms with van der Waals surface area (Å²) in [5.41, 5.74) is 0. The highest BCUT2D eigenvalue weighted by Gasteiger charge is 2.45. The quantitative estimate of drug-likeness (QED) is 0.329. The van der Waals surface area contributed by atoms with Gasteiger partial charge in [0.25, 0.3) is 0 Å². The van der Waals surface area contributed by atoms with E-state index in [-0.39, 0.29) is 19.8 Å². The average molecular weight is 343 g/mol. The molecule has 0 aliphatic carbocycles. The molecule has 0 aliphatic rings. The predicted octanol–water partition coefficient (Wildman–Crippen LogP) is 2.20. The summed E-state index contributed by atoms with van der Waals surface area (Å²) in [6.07, 6.45) is 1.59. The van der Waals surface area contributed by atoms with Crippen LogP contribution in [0.15, 0.2) is 0 Å². The van der Waals surface area contributed by atoms with Crippen LogP contribution in [0.1, 0.15) is 40.5 Å². The van der Waals surface area contributed by atoms with Gasteiger partial charge in [-0.25, -0.2) is 4.79 Å². The molecule has 0 radical (unpaired) electrons. The zero-order valence-electron chi connectivity index (χ0n) is 13.1. The molecule has 0 aromatic carbocycles. The van der Waals surface area contributed by atoms with Crippen LogP contribution in [0.3, 0.4) is 0 Å². The van der Waals surface area contributed by atoms with E-state index in [4.69, 9.17) is 13.8 Å². The summed E-state index contributed by atoms with van der Waals surface area (Å²) >= 11 is -1.51. The molecule has 2 unspecified atom stereocenters. The second kappa shape index (κ2) is 11.5. The third kappa shape index (κ3) is 7.63. The lowest BCUT2D eigenvalue weighted by Gasteiger charge is -2.25. The van der Waals surface area contributed by atoms with Crippen LogP contribution in [-0.4, -0.2) is 41.9 Å². The van der Waals surface area contributed by atoms with Crippen LogP contribution in [0.4, 0.5) is 0 Å². The Kier molecular flexibility index (Phi) is 11.4. The van der Waals surface area contributed by atoms with Crippen LogP contribution >= 0.6 is 7.60 Å². The molecule has 2 atom stereocenters. The molecule has 0 saturated heterocycles. The summed E-state index contributed by atoms with van der Waals surface area (Å²) in [7, 11) is -3.78. The van der Waals surface area contributed by atoms with E-state index in [0.29, 0.717) is 5.75 Å². The van der Waals surface area contributed by atoms with Crippen LogP contribution in [0.5, 0.6) is 0 Å². The Morgan fingerprint density at radius 1 is 1.19 bits per heavy atom. The molecule has 0 rings (SSSR count). The smallest absolute Gasteiger partial charge is 0.363 e. The number of nitrogens with one attached hydrogen (secondary N) is 1. The molecule has 0 amide bonds. The first-order valence-electron chi connectivity index (χ1n) is 7.15. The van der Waals surface area contributed by atoms with Gasteiger partial charge in [-0.1, -0.05) is 13.3 Å². The van der Waals surface area contributed by atoms with Gasteiger partial charge in [0, 0.05) is 11.4 Å². The van der Waals surface area contributed by atoms with Crippen molar-refractivity contribution in [1.82, 2.24) is 4.72 Å². The summed E-state index contributed by atoms with van der Waals surface area (Å²) in [5, 5.41) is 0. The second-order valence-corrected chi connectivity index (χ2v) is 7.50. The van der Waals surface area contributed by atoms with Gasteiger partial charge < -0.3 is 18.3 Å². The highest BCUT2D eigenvalue weighted by Crippen LogP contribution is 2.52. The number of esters is 1. The van der Waals surface area contributed by atoms with Crippen molar-refractivity contribution < 1.29 is 27.7 Å². The fourth-order valence-electron chi connectivity index (χ4n) is 1.47. The highest BCUT2D eigenvalue weighted by atomic mass is 32.2. The van der Waals surface area contributed by atoms with E-state index in [1.54, 1.807) is 20.8 Å². The van der Waals surface area contributed by atoms with Crippen LogP contribution in [0.25, 0.3) is 0 Å². The third-order valence-electron chi connectivity index (χ3n) is 2.37. The van der Waals surface area contributed by atoms with Crippen molar-refractivity contribution in [3.63, 3.8) is 0 Å². The topological polar surface area (TPSA) is 96.9 Å². The maximum atomic E-state index is 12.7. The van der Waals surface area contributed by atoms with E-state index in [2.05, 4.69) is 4.72 Å². The van der Waals surface area contributed by atoms with E-state index >= 15 is 0 Å². The van der Waals surface area contributed by atoms with Crippen molar-refractivity contribution in [3.8, 4) is 0 Å². The summed E-state index contributed by atoms with van der Waals surface area (Å²) in [4.78, 5) is 12.0. The average Bonchev–Trinajstić information content (AvgIpc) is 2.43. The zero-order valence-corrected chi connectivity index (χ0v) is 14.8. The highest BCUT2D eigenvalue weighted by molar-refractivity contribution is 7.89. The maximum Gasteiger partial charge on any atom is 0.363 e. The number of carbonyl (C=O) groups is 1. The van der Waals surface area contributed by atoms with Crippen LogP contribution in [0.2, 0.25) is 0 Å². The van der Waals surface area contributed by atoms with Crippen LogP contribution in [-0.2, 0) is 34.5 Å². The maximum absolute atomic E-state index is 12.7. The van der Waals surface area contributed by atoms with Gasteiger partial charge in [-0.05, 0) is 27.2 Å². The molecule has 0 aliphatic heterocycles. The Hall–Kier alpha value is -0.110. The van der Waals surface area contributed by atoms with Crippen LogP contribution < -0.4 is 4.72 Å². The molecular weight excluding hydrogens is 317 g/mol. The monoisotopic (exact) mass is 343 g/mol. The number of carbonyl (C=O) groups excluding carboxylic acids is 1. The molecule has 9 heteroatoms. The van der Waals surface area contributed by atoms with Gasteiger partial charge >= 0.3 is 13.6 Å². The van der Waals surface area contributed by atoms with Crippen LogP contribution in [0, 0.1) is 0 Å². The molecule has 0 fully saturated rings. The summed E-state index contributed by atoms with van der Waals surface area (Å²) in [6, 6.07) is 0. The van der Waals surface area contributed by atoms with Gasteiger partial charge in [0.15, 0.2) is 0 Å². The lowest BCUT2D eigenvalue weighted by molar-refractivity contribution is -0.143. The van der Waals surface area contributed by atoms with Gasteiger partial charge in [0.2, 0.25) is 5.78 Å². The fourth-order valence-corrected chi connectivity index (χ4v) is 4.78. The minimum absolute atomic E-state index is 0.108. The Morgan fingerprint density at radius 2 is 1.76 bits per heavy atom. The summed E-state index contributed by atoms with van der Waals surface area (Å²) < 4.78 is 42.3. The molecule has 0 bridgehead atoms. The fraction of sp³-hybridized carbons (Fsp3) is 0.917. The molecule has 0 heterocycles. The van der Waals surface area contributed by atoms with Gasteiger partial charge in [-0.15, -0.1) is 4.72 Å². The molecule has 0 saturated carbocycles. The van der Waals surface area contributed by atoms with E-state index in [1.165, 1.54) is 0 Å². The van der Waals surface area contributed by atoms with Gasteiger partial charge in [-0.3, -0.25) is 4.57 Å². The molecular formula is C12H26NO6PS. The van der Waals surface area contributed by atoms with Gasteiger partial charge in [0.1, 0.15) is 5.75 Å². The number of unbranched alkanes of at least 4 members (excludes halogenated alkanes) is 1. The number of rotatable bonds is 12. The van der Waals surface area contributed by atoms with Crippen molar-refractivity contribution >= 4 is 24.9 Å². The SMILES string of the molecule is CCCC[S+]([O-])NC(C(=O)OCC)P(=O)(OCC)OCC. The molecule has 0 aromatic rings. The van der Waals surface area contributed by atoms with Crippen molar-refractivity contribution in [3.05, 3.63) is 0 Å². The predicted molar refractivity (Wildman–Crippen MR) is 82.3 cm³/mol. The summed E-state index contributed by atoms with van der Waals surface area (Å²) in [5.74, 6) is -1.81. The third-order valence-corrected chi connectivity index (χ3v) is 5.91. The Balaban J connectivity index is 5.08. The number of ether oxygens (including phenoxy) is 1. The normalized spacial score (nSPS) is 14.7. The lowest BCUT2D eigenvalue weighted by Crippen LogP contribution is -2.43. The minimum Gasteiger partial charge on any atom is -0.598 e. The Labute approximate surface area is 129 Å².